The Hall–Kier alpha value is -0.120. The Labute approximate surface area is 107 Å². The summed E-state index contributed by atoms with van der Waals surface area (Å²) in [5, 5.41) is 0. The molecule has 0 bridgehead atoms. The Balaban J connectivity index is 2.38. The standard InChI is InChI=1S/C14H30N2O/c1-12(2)6-5-7-13(15)14(3,4)16-8-10-17-11-9-16/h12-13H,5-11,15H2,1-4H3. The number of hydrogen-bond donors (Lipinski definition) is 1. The average molecular weight is 242 g/mol. The van der Waals surface area contributed by atoms with Crippen LogP contribution in [-0.2, 0) is 4.74 Å². The summed E-state index contributed by atoms with van der Waals surface area (Å²) in [6, 6.07) is 0.263. The summed E-state index contributed by atoms with van der Waals surface area (Å²) in [5.41, 5.74) is 6.48. The van der Waals surface area contributed by atoms with Crippen molar-refractivity contribution in [2.75, 3.05) is 26.3 Å². The first-order valence-electron chi connectivity index (χ1n) is 7.03. The molecule has 0 amide bonds. The molecule has 3 nitrogen and oxygen atoms in total. The fourth-order valence-electron chi connectivity index (χ4n) is 2.47. The van der Waals surface area contributed by atoms with Gasteiger partial charge in [0.15, 0.2) is 0 Å². The smallest absolute Gasteiger partial charge is 0.0594 e. The van der Waals surface area contributed by atoms with E-state index in [0.717, 1.165) is 38.6 Å². The zero-order chi connectivity index (χ0) is 12.9. The van der Waals surface area contributed by atoms with E-state index >= 15 is 0 Å². The van der Waals surface area contributed by atoms with Gasteiger partial charge in [-0.2, -0.15) is 0 Å². The van der Waals surface area contributed by atoms with Gasteiger partial charge in [-0.25, -0.2) is 0 Å². The third-order valence-corrected chi connectivity index (χ3v) is 4.03. The summed E-state index contributed by atoms with van der Waals surface area (Å²) >= 11 is 0. The van der Waals surface area contributed by atoms with E-state index in [2.05, 4.69) is 32.6 Å². The molecule has 1 heterocycles. The first-order chi connectivity index (χ1) is 7.94. The molecule has 0 aliphatic carbocycles. The van der Waals surface area contributed by atoms with Crippen molar-refractivity contribution in [2.24, 2.45) is 11.7 Å². The van der Waals surface area contributed by atoms with Gasteiger partial charge in [0, 0.05) is 24.7 Å². The van der Waals surface area contributed by atoms with Crippen LogP contribution >= 0.6 is 0 Å². The Bertz CT molecular complexity index is 210. The summed E-state index contributed by atoms with van der Waals surface area (Å²) in [6.07, 6.45) is 3.65. The minimum atomic E-state index is 0.0980. The molecule has 0 saturated carbocycles. The first kappa shape index (κ1) is 14.9. The third-order valence-electron chi connectivity index (χ3n) is 4.03. The van der Waals surface area contributed by atoms with Crippen LogP contribution in [0.4, 0.5) is 0 Å². The average Bonchev–Trinajstić information content (AvgIpc) is 2.29. The molecule has 17 heavy (non-hydrogen) atoms. The Morgan fingerprint density at radius 3 is 2.29 bits per heavy atom. The number of nitrogens with zero attached hydrogens (tertiary/aromatic N) is 1. The summed E-state index contributed by atoms with van der Waals surface area (Å²) in [4.78, 5) is 2.48. The summed E-state index contributed by atoms with van der Waals surface area (Å²) in [6.45, 7) is 12.8. The number of rotatable bonds is 6. The maximum Gasteiger partial charge on any atom is 0.0594 e. The second-order valence-corrected chi connectivity index (χ2v) is 6.18. The van der Waals surface area contributed by atoms with Gasteiger partial charge in [-0.15, -0.1) is 0 Å². The van der Waals surface area contributed by atoms with Crippen LogP contribution in [0.5, 0.6) is 0 Å². The van der Waals surface area contributed by atoms with E-state index in [4.69, 9.17) is 10.5 Å². The van der Waals surface area contributed by atoms with Crippen molar-refractivity contribution in [1.29, 1.82) is 0 Å². The highest BCUT2D eigenvalue weighted by molar-refractivity contribution is 4.92. The molecule has 1 aliphatic rings. The monoisotopic (exact) mass is 242 g/mol. The normalized spacial score (nSPS) is 20.8. The van der Waals surface area contributed by atoms with Crippen molar-refractivity contribution in [3.05, 3.63) is 0 Å². The van der Waals surface area contributed by atoms with E-state index in [1.165, 1.54) is 12.8 Å². The quantitative estimate of drug-likeness (QED) is 0.776. The lowest BCUT2D eigenvalue weighted by Gasteiger charge is -2.44. The maximum atomic E-state index is 6.39. The largest absolute Gasteiger partial charge is 0.379 e. The van der Waals surface area contributed by atoms with E-state index in [-0.39, 0.29) is 11.6 Å². The van der Waals surface area contributed by atoms with Gasteiger partial charge in [0.05, 0.1) is 13.2 Å². The highest BCUT2D eigenvalue weighted by Crippen LogP contribution is 2.23. The van der Waals surface area contributed by atoms with Gasteiger partial charge in [-0.3, -0.25) is 4.90 Å². The SMILES string of the molecule is CC(C)CCCC(N)C(C)(C)N1CCOCC1. The van der Waals surface area contributed by atoms with Gasteiger partial charge >= 0.3 is 0 Å². The van der Waals surface area contributed by atoms with Crippen LogP contribution in [0, 0.1) is 5.92 Å². The second kappa shape index (κ2) is 6.72. The molecule has 0 aromatic rings. The fraction of sp³-hybridized carbons (Fsp3) is 1.00. The van der Waals surface area contributed by atoms with Crippen molar-refractivity contribution in [3.8, 4) is 0 Å². The minimum Gasteiger partial charge on any atom is -0.379 e. The number of nitrogens with two attached hydrogens (primary N) is 1. The molecule has 1 saturated heterocycles. The molecule has 1 rings (SSSR count). The topological polar surface area (TPSA) is 38.5 Å². The molecule has 0 radical (unpaired) electrons. The van der Waals surface area contributed by atoms with Crippen LogP contribution < -0.4 is 5.73 Å². The summed E-state index contributed by atoms with van der Waals surface area (Å²) in [5.74, 6) is 0.786. The molecule has 2 N–H and O–H groups in total. The van der Waals surface area contributed by atoms with E-state index in [9.17, 15) is 0 Å². The lowest BCUT2D eigenvalue weighted by Crippen LogP contribution is -2.59. The van der Waals surface area contributed by atoms with Gasteiger partial charge < -0.3 is 10.5 Å². The lowest BCUT2D eigenvalue weighted by atomic mass is 9.88. The first-order valence-corrected chi connectivity index (χ1v) is 7.03. The third kappa shape index (κ3) is 4.57. The molecule has 1 fully saturated rings. The van der Waals surface area contributed by atoms with Crippen molar-refractivity contribution in [2.45, 2.75) is 58.5 Å². The van der Waals surface area contributed by atoms with Crippen LogP contribution in [0.3, 0.4) is 0 Å². The predicted molar refractivity (Wildman–Crippen MR) is 73.1 cm³/mol. The molecular weight excluding hydrogens is 212 g/mol. The van der Waals surface area contributed by atoms with Gasteiger partial charge in [0.1, 0.15) is 0 Å². The molecule has 0 aromatic heterocycles. The summed E-state index contributed by atoms with van der Waals surface area (Å²) in [7, 11) is 0. The van der Waals surface area contributed by atoms with Crippen LogP contribution in [0.25, 0.3) is 0 Å². The Kier molecular flexibility index (Phi) is 5.90. The zero-order valence-corrected chi connectivity index (χ0v) is 12.0. The predicted octanol–water partition coefficient (Wildman–Crippen LogP) is 2.25. The maximum absolute atomic E-state index is 6.39. The lowest BCUT2D eigenvalue weighted by molar-refractivity contribution is -0.0198. The molecule has 1 unspecified atom stereocenters. The molecule has 0 aromatic carbocycles. The molecule has 102 valence electrons. The van der Waals surface area contributed by atoms with Crippen molar-refractivity contribution in [3.63, 3.8) is 0 Å². The molecule has 0 spiro atoms. The number of ether oxygens (including phenoxy) is 1. The minimum absolute atomic E-state index is 0.0980. The van der Waals surface area contributed by atoms with E-state index < -0.39 is 0 Å². The van der Waals surface area contributed by atoms with Crippen LogP contribution in [0.15, 0.2) is 0 Å². The van der Waals surface area contributed by atoms with Crippen LogP contribution in [-0.4, -0.2) is 42.8 Å². The van der Waals surface area contributed by atoms with Crippen molar-refractivity contribution >= 4 is 0 Å². The van der Waals surface area contributed by atoms with Crippen molar-refractivity contribution < 1.29 is 4.74 Å². The molecule has 1 atom stereocenters. The number of hydrogen-bond acceptors (Lipinski definition) is 3. The van der Waals surface area contributed by atoms with E-state index in [0.29, 0.717) is 0 Å². The summed E-state index contributed by atoms with van der Waals surface area (Å²) < 4.78 is 5.40. The highest BCUT2D eigenvalue weighted by Gasteiger charge is 2.33. The van der Waals surface area contributed by atoms with E-state index in [1.54, 1.807) is 0 Å². The highest BCUT2D eigenvalue weighted by atomic mass is 16.5. The fourth-order valence-corrected chi connectivity index (χ4v) is 2.47. The zero-order valence-electron chi connectivity index (χ0n) is 12.0. The van der Waals surface area contributed by atoms with Gasteiger partial charge in [0.2, 0.25) is 0 Å². The van der Waals surface area contributed by atoms with Gasteiger partial charge in [-0.05, 0) is 26.2 Å². The van der Waals surface area contributed by atoms with Gasteiger partial charge in [0.25, 0.3) is 0 Å². The number of morpholine rings is 1. The van der Waals surface area contributed by atoms with Crippen LogP contribution in [0.1, 0.15) is 47.0 Å². The van der Waals surface area contributed by atoms with E-state index in [1.807, 2.05) is 0 Å². The molecule has 3 heteroatoms. The molecule has 1 aliphatic heterocycles. The Morgan fingerprint density at radius 1 is 1.18 bits per heavy atom. The second-order valence-electron chi connectivity index (χ2n) is 6.18. The Morgan fingerprint density at radius 2 is 1.76 bits per heavy atom. The van der Waals surface area contributed by atoms with Gasteiger partial charge in [-0.1, -0.05) is 26.7 Å². The van der Waals surface area contributed by atoms with Crippen molar-refractivity contribution in [1.82, 2.24) is 4.90 Å². The van der Waals surface area contributed by atoms with Crippen LogP contribution in [0.2, 0.25) is 0 Å². The molecular formula is C14H30N2O.